The maximum Gasteiger partial charge on any atom is 0.413 e. The van der Waals surface area contributed by atoms with Crippen LogP contribution in [0.25, 0.3) is 16.2 Å². The highest BCUT2D eigenvalue weighted by Gasteiger charge is 2.25. The maximum absolute atomic E-state index is 12.2. The van der Waals surface area contributed by atoms with Crippen molar-refractivity contribution in [1.82, 2.24) is 19.3 Å². The number of carbonyl (C=O) groups excluding carboxylic acids is 1. The van der Waals surface area contributed by atoms with E-state index in [0.29, 0.717) is 43.5 Å². The van der Waals surface area contributed by atoms with Crippen LogP contribution < -0.4 is 10.2 Å². The minimum atomic E-state index is -0.921. The van der Waals surface area contributed by atoms with Gasteiger partial charge in [-0.15, -0.1) is 11.3 Å². The van der Waals surface area contributed by atoms with Crippen molar-refractivity contribution >= 4 is 40.8 Å². The van der Waals surface area contributed by atoms with Crippen LogP contribution in [-0.4, -0.2) is 68.3 Å². The van der Waals surface area contributed by atoms with E-state index in [2.05, 4.69) is 15.3 Å². The van der Waals surface area contributed by atoms with E-state index in [1.807, 2.05) is 26.8 Å². The summed E-state index contributed by atoms with van der Waals surface area (Å²) in [5.41, 5.74) is 0.811. The summed E-state index contributed by atoms with van der Waals surface area (Å²) in [5, 5.41) is 13.9. The lowest BCUT2D eigenvalue weighted by Gasteiger charge is -2.33. The second kappa shape index (κ2) is 8.06. The van der Waals surface area contributed by atoms with Crippen LogP contribution in [0.5, 0.6) is 0 Å². The van der Waals surface area contributed by atoms with Crippen LogP contribution in [0.3, 0.4) is 0 Å². The van der Waals surface area contributed by atoms with Gasteiger partial charge in [-0.1, -0.05) is 6.07 Å². The normalized spacial score (nSPS) is 14.7. The second-order valence-electron chi connectivity index (χ2n) is 8.15. The number of piperazine rings is 1. The number of amides is 2. The molecule has 0 saturated carbocycles. The Balaban J connectivity index is 1.69. The van der Waals surface area contributed by atoms with Crippen LogP contribution in [-0.2, 0) is 4.74 Å². The number of nitrogens with zero attached hydrogens (tertiary/aromatic N) is 5. The largest absolute Gasteiger partial charge is 0.465 e. The molecule has 1 aliphatic heterocycles. The molecule has 3 aromatic heterocycles. The van der Waals surface area contributed by atoms with E-state index in [1.165, 1.54) is 4.90 Å². The van der Waals surface area contributed by atoms with Gasteiger partial charge in [-0.05, 0) is 32.2 Å². The predicted octanol–water partition coefficient (Wildman–Crippen LogP) is 3.60. The average molecular weight is 445 g/mol. The molecule has 31 heavy (non-hydrogen) atoms. The Morgan fingerprint density at radius 3 is 2.58 bits per heavy atom. The van der Waals surface area contributed by atoms with Crippen LogP contribution in [0.4, 0.5) is 21.2 Å². The third-order valence-corrected chi connectivity index (χ3v) is 5.62. The quantitative estimate of drug-likeness (QED) is 0.635. The third kappa shape index (κ3) is 4.55. The molecular formula is C20H24N6O4S. The molecular weight excluding hydrogens is 420 g/mol. The van der Waals surface area contributed by atoms with E-state index in [1.54, 1.807) is 44.5 Å². The number of carboxylic acid groups (broad SMARTS) is 1. The first-order chi connectivity index (χ1) is 14.7. The summed E-state index contributed by atoms with van der Waals surface area (Å²) >= 11 is 1.58. The number of anilines is 2. The van der Waals surface area contributed by atoms with Crippen LogP contribution in [0.1, 0.15) is 20.8 Å². The summed E-state index contributed by atoms with van der Waals surface area (Å²) in [7, 11) is 0. The van der Waals surface area contributed by atoms with Crippen molar-refractivity contribution in [2.45, 2.75) is 26.4 Å². The van der Waals surface area contributed by atoms with E-state index < -0.39 is 17.8 Å². The molecule has 4 heterocycles. The number of aromatic nitrogens is 3. The van der Waals surface area contributed by atoms with Crippen molar-refractivity contribution < 1.29 is 19.4 Å². The Bertz CT molecular complexity index is 1100. The Labute approximate surface area is 183 Å². The highest BCUT2D eigenvalue weighted by molar-refractivity contribution is 7.13. The number of carbonyl (C=O) groups is 2. The molecule has 0 aliphatic carbocycles. The smallest absolute Gasteiger partial charge is 0.413 e. The van der Waals surface area contributed by atoms with Crippen LogP contribution in [0.15, 0.2) is 29.9 Å². The second-order valence-corrected chi connectivity index (χ2v) is 9.10. The van der Waals surface area contributed by atoms with Gasteiger partial charge in [-0.3, -0.25) is 9.72 Å². The number of imidazole rings is 1. The van der Waals surface area contributed by atoms with Gasteiger partial charge < -0.3 is 19.6 Å². The van der Waals surface area contributed by atoms with Crippen molar-refractivity contribution in [2.24, 2.45) is 0 Å². The summed E-state index contributed by atoms with van der Waals surface area (Å²) in [6.07, 6.45) is 2.01. The van der Waals surface area contributed by atoms with E-state index >= 15 is 0 Å². The molecule has 0 atom stereocenters. The Hall–Kier alpha value is -3.34. The monoisotopic (exact) mass is 444 g/mol. The van der Waals surface area contributed by atoms with Gasteiger partial charge >= 0.3 is 12.2 Å². The first-order valence-electron chi connectivity index (χ1n) is 9.86. The number of thiophene rings is 1. The summed E-state index contributed by atoms with van der Waals surface area (Å²) < 4.78 is 7.23. The fraction of sp³-hybridized carbons (Fsp3) is 0.400. The lowest BCUT2D eigenvalue weighted by atomic mass is 10.2. The highest BCUT2D eigenvalue weighted by Crippen LogP contribution is 2.30. The molecule has 10 nitrogen and oxygen atoms in total. The topological polar surface area (TPSA) is 112 Å². The van der Waals surface area contributed by atoms with E-state index in [-0.39, 0.29) is 0 Å². The van der Waals surface area contributed by atoms with E-state index in [0.717, 1.165) is 10.6 Å². The summed E-state index contributed by atoms with van der Waals surface area (Å²) in [6.45, 7) is 7.18. The van der Waals surface area contributed by atoms with Crippen LogP contribution >= 0.6 is 11.3 Å². The van der Waals surface area contributed by atoms with Gasteiger partial charge in [-0.2, -0.15) is 0 Å². The molecule has 0 radical (unpaired) electrons. The van der Waals surface area contributed by atoms with Crippen LogP contribution in [0, 0.1) is 0 Å². The molecule has 0 spiro atoms. The zero-order chi connectivity index (χ0) is 22.2. The molecule has 11 heteroatoms. The number of rotatable bonds is 3. The minimum Gasteiger partial charge on any atom is -0.465 e. The van der Waals surface area contributed by atoms with Gasteiger partial charge in [0.25, 0.3) is 0 Å². The number of ether oxygens (including phenoxy) is 1. The fourth-order valence-electron chi connectivity index (χ4n) is 3.37. The molecule has 3 aromatic rings. The molecule has 0 bridgehead atoms. The third-order valence-electron chi connectivity index (χ3n) is 4.73. The zero-order valence-corrected chi connectivity index (χ0v) is 18.3. The lowest BCUT2D eigenvalue weighted by molar-refractivity contribution is 0.0635. The van der Waals surface area contributed by atoms with Crippen molar-refractivity contribution in [1.29, 1.82) is 0 Å². The summed E-state index contributed by atoms with van der Waals surface area (Å²) in [5.74, 6) is 0.994. The number of hydrogen-bond donors (Lipinski definition) is 2. The first kappa shape index (κ1) is 20.9. The fourth-order valence-corrected chi connectivity index (χ4v) is 4.10. The number of hydrogen-bond acceptors (Lipinski definition) is 7. The molecule has 1 fully saturated rings. The number of fused-ring (bicyclic) bond motifs is 1. The van der Waals surface area contributed by atoms with Gasteiger partial charge in [0.1, 0.15) is 5.60 Å². The van der Waals surface area contributed by atoms with E-state index in [4.69, 9.17) is 4.74 Å². The molecule has 2 N–H and O–H groups in total. The van der Waals surface area contributed by atoms with Gasteiger partial charge in [0.15, 0.2) is 17.3 Å². The maximum atomic E-state index is 12.2. The lowest BCUT2D eigenvalue weighted by Crippen LogP contribution is -2.48. The SMILES string of the molecule is CC(C)(C)OC(=O)Nc1cn2c(-c3cccs3)cnc(N3CCN(C(=O)O)CC3)c2n1. The highest BCUT2D eigenvalue weighted by atomic mass is 32.1. The van der Waals surface area contributed by atoms with E-state index in [9.17, 15) is 14.7 Å². The Morgan fingerprint density at radius 2 is 1.97 bits per heavy atom. The summed E-state index contributed by atoms with van der Waals surface area (Å²) in [4.78, 5) is 37.1. The van der Waals surface area contributed by atoms with Gasteiger partial charge in [0, 0.05) is 26.2 Å². The molecule has 0 aromatic carbocycles. The standard InChI is InChI=1S/C20H24N6O4S/c1-20(2,3)30-18(27)23-15-12-26-13(14-5-4-10-31-14)11-21-16(17(26)22-15)24-6-8-25(9-7-24)19(28)29/h4-5,10-12H,6-9H2,1-3H3,(H,23,27)(H,28,29). The molecule has 0 unspecified atom stereocenters. The molecule has 1 saturated heterocycles. The zero-order valence-electron chi connectivity index (χ0n) is 17.5. The van der Waals surface area contributed by atoms with Gasteiger partial charge in [0.2, 0.25) is 0 Å². The predicted molar refractivity (Wildman–Crippen MR) is 118 cm³/mol. The van der Waals surface area contributed by atoms with Crippen molar-refractivity contribution in [3.8, 4) is 10.6 Å². The summed E-state index contributed by atoms with van der Waals surface area (Å²) in [6, 6.07) is 3.95. The Kier molecular flexibility index (Phi) is 5.44. The van der Waals surface area contributed by atoms with Crippen LogP contribution in [0.2, 0.25) is 0 Å². The molecule has 4 rings (SSSR count). The van der Waals surface area contributed by atoms with Crippen molar-refractivity contribution in [3.05, 3.63) is 29.9 Å². The average Bonchev–Trinajstić information content (AvgIpc) is 3.35. The van der Waals surface area contributed by atoms with Crippen molar-refractivity contribution in [3.63, 3.8) is 0 Å². The van der Waals surface area contributed by atoms with Crippen molar-refractivity contribution in [2.75, 3.05) is 36.4 Å². The molecule has 1 aliphatic rings. The van der Waals surface area contributed by atoms with Gasteiger partial charge in [-0.25, -0.2) is 19.6 Å². The first-order valence-corrected chi connectivity index (χ1v) is 10.7. The molecule has 2 amide bonds. The Morgan fingerprint density at radius 1 is 1.23 bits per heavy atom. The number of nitrogens with one attached hydrogen (secondary N) is 1. The minimum absolute atomic E-state index is 0.352. The van der Waals surface area contributed by atoms with Gasteiger partial charge in [0.05, 0.1) is 23.0 Å². The molecule has 164 valence electrons.